The molecule has 2 heterocycles. The summed E-state index contributed by atoms with van der Waals surface area (Å²) in [5, 5.41) is 1.98. The SMILES string of the molecule is CN(C[C@@H]1CCCN(CCc2cccc(C(F)(F)F)c2)C1)C(=O)Cc1cccs1. The minimum Gasteiger partial charge on any atom is -0.345 e. The molecule has 1 aliphatic heterocycles. The van der Waals surface area contributed by atoms with Gasteiger partial charge >= 0.3 is 6.18 Å². The summed E-state index contributed by atoms with van der Waals surface area (Å²) in [6.45, 7) is 3.31. The molecule has 3 nitrogen and oxygen atoms in total. The van der Waals surface area contributed by atoms with Crippen LogP contribution in [0.3, 0.4) is 0 Å². The Bertz CT molecular complexity index is 792. The molecule has 1 atom stereocenters. The molecule has 0 bridgehead atoms. The van der Waals surface area contributed by atoms with Crippen molar-refractivity contribution < 1.29 is 18.0 Å². The van der Waals surface area contributed by atoms with Crippen molar-refractivity contribution in [2.24, 2.45) is 5.92 Å². The van der Waals surface area contributed by atoms with E-state index in [-0.39, 0.29) is 5.91 Å². The number of nitrogens with zero attached hydrogens (tertiary/aromatic N) is 2. The molecule has 158 valence electrons. The summed E-state index contributed by atoms with van der Waals surface area (Å²) in [6.07, 6.45) is -1.12. The first-order valence-electron chi connectivity index (χ1n) is 9.96. The van der Waals surface area contributed by atoms with Crippen LogP contribution >= 0.6 is 11.3 Å². The highest BCUT2D eigenvalue weighted by Crippen LogP contribution is 2.29. The van der Waals surface area contributed by atoms with E-state index in [0.29, 0.717) is 24.3 Å². The first-order valence-corrected chi connectivity index (χ1v) is 10.8. The van der Waals surface area contributed by atoms with Gasteiger partial charge in [0, 0.05) is 31.6 Å². The molecule has 1 aliphatic rings. The van der Waals surface area contributed by atoms with Gasteiger partial charge in [-0.2, -0.15) is 13.2 Å². The molecular formula is C22H27F3N2OS. The summed E-state index contributed by atoms with van der Waals surface area (Å²) < 4.78 is 38.6. The van der Waals surface area contributed by atoms with Gasteiger partial charge in [0.25, 0.3) is 0 Å². The summed E-state index contributed by atoms with van der Waals surface area (Å²) in [5.41, 5.74) is 0.127. The van der Waals surface area contributed by atoms with Gasteiger partial charge in [0.05, 0.1) is 12.0 Å². The zero-order valence-electron chi connectivity index (χ0n) is 16.6. The van der Waals surface area contributed by atoms with Crippen molar-refractivity contribution in [3.63, 3.8) is 0 Å². The highest BCUT2D eigenvalue weighted by Gasteiger charge is 2.30. The quantitative estimate of drug-likeness (QED) is 0.642. The van der Waals surface area contributed by atoms with E-state index >= 15 is 0 Å². The van der Waals surface area contributed by atoms with E-state index in [9.17, 15) is 18.0 Å². The van der Waals surface area contributed by atoms with E-state index in [4.69, 9.17) is 0 Å². The highest BCUT2D eigenvalue weighted by molar-refractivity contribution is 7.10. The number of thiophene rings is 1. The molecule has 0 N–H and O–H groups in total. The monoisotopic (exact) mass is 424 g/mol. The number of rotatable bonds is 7. The van der Waals surface area contributed by atoms with E-state index in [2.05, 4.69) is 4.90 Å². The molecule has 1 amide bonds. The molecule has 0 spiro atoms. The molecule has 0 saturated carbocycles. The first kappa shape index (κ1) is 21.8. The fourth-order valence-corrected chi connectivity index (χ4v) is 4.58. The van der Waals surface area contributed by atoms with Gasteiger partial charge in [-0.25, -0.2) is 0 Å². The lowest BCUT2D eigenvalue weighted by Gasteiger charge is -2.34. The van der Waals surface area contributed by atoms with Gasteiger partial charge < -0.3 is 9.80 Å². The van der Waals surface area contributed by atoms with Crippen LogP contribution in [0.5, 0.6) is 0 Å². The lowest BCUT2D eigenvalue weighted by molar-refractivity contribution is -0.137. The Morgan fingerprint density at radius 2 is 2.10 bits per heavy atom. The second-order valence-corrected chi connectivity index (χ2v) is 8.82. The van der Waals surface area contributed by atoms with Crippen molar-refractivity contribution in [1.29, 1.82) is 0 Å². The number of likely N-dealkylation sites (tertiary alicyclic amines) is 1. The minimum absolute atomic E-state index is 0.133. The largest absolute Gasteiger partial charge is 0.416 e. The highest BCUT2D eigenvalue weighted by atomic mass is 32.1. The van der Waals surface area contributed by atoms with Gasteiger partial charge in [-0.05, 0) is 54.8 Å². The first-order chi connectivity index (χ1) is 13.8. The number of carbonyl (C=O) groups is 1. The number of amides is 1. The van der Waals surface area contributed by atoms with Gasteiger partial charge in [-0.15, -0.1) is 11.3 Å². The summed E-state index contributed by atoms with van der Waals surface area (Å²) in [7, 11) is 1.86. The Hall–Kier alpha value is -1.86. The molecule has 0 radical (unpaired) electrons. The predicted octanol–water partition coefficient (Wildman–Crippen LogP) is 4.72. The third-order valence-electron chi connectivity index (χ3n) is 5.44. The number of hydrogen-bond acceptors (Lipinski definition) is 3. The molecule has 7 heteroatoms. The van der Waals surface area contributed by atoms with E-state index in [1.807, 2.05) is 29.5 Å². The zero-order valence-corrected chi connectivity index (χ0v) is 17.4. The summed E-state index contributed by atoms with van der Waals surface area (Å²) in [6, 6.07) is 9.53. The topological polar surface area (TPSA) is 23.6 Å². The van der Waals surface area contributed by atoms with Gasteiger partial charge in [-0.1, -0.05) is 24.3 Å². The van der Waals surface area contributed by atoms with Gasteiger partial charge in [0.1, 0.15) is 0 Å². The molecule has 1 fully saturated rings. The van der Waals surface area contributed by atoms with E-state index < -0.39 is 11.7 Å². The Kier molecular flexibility index (Phi) is 7.35. The number of likely N-dealkylation sites (N-methyl/N-ethyl adjacent to an activating group) is 1. The Balaban J connectivity index is 1.47. The summed E-state index contributed by atoms with van der Waals surface area (Å²) in [4.78, 5) is 17.6. The van der Waals surface area contributed by atoms with Crippen LogP contribution in [-0.2, 0) is 23.8 Å². The van der Waals surface area contributed by atoms with Crippen LogP contribution in [0.4, 0.5) is 13.2 Å². The maximum Gasteiger partial charge on any atom is 0.416 e. The van der Waals surface area contributed by atoms with Crippen molar-refractivity contribution in [1.82, 2.24) is 9.80 Å². The van der Waals surface area contributed by atoms with E-state index in [1.165, 1.54) is 12.1 Å². The second-order valence-electron chi connectivity index (χ2n) is 7.79. The third kappa shape index (κ3) is 6.57. The lowest BCUT2D eigenvalue weighted by atomic mass is 9.96. The van der Waals surface area contributed by atoms with Crippen molar-refractivity contribution in [2.45, 2.75) is 31.9 Å². The molecule has 1 aromatic carbocycles. The van der Waals surface area contributed by atoms with Crippen molar-refractivity contribution >= 4 is 17.2 Å². The van der Waals surface area contributed by atoms with Crippen LogP contribution in [0.25, 0.3) is 0 Å². The minimum atomic E-state index is -4.30. The molecular weight excluding hydrogens is 397 g/mol. The van der Waals surface area contributed by atoms with Crippen LogP contribution in [0, 0.1) is 5.92 Å². The number of benzene rings is 1. The van der Waals surface area contributed by atoms with Crippen LogP contribution in [-0.4, -0.2) is 48.9 Å². The molecule has 3 rings (SSSR count). The fourth-order valence-electron chi connectivity index (χ4n) is 3.88. The zero-order chi connectivity index (χ0) is 20.9. The predicted molar refractivity (Wildman–Crippen MR) is 110 cm³/mol. The van der Waals surface area contributed by atoms with Gasteiger partial charge in [0.15, 0.2) is 0 Å². The Morgan fingerprint density at radius 3 is 2.83 bits per heavy atom. The molecule has 2 aromatic rings. The molecule has 29 heavy (non-hydrogen) atoms. The average molecular weight is 425 g/mol. The van der Waals surface area contributed by atoms with Gasteiger partial charge in [0.2, 0.25) is 5.91 Å². The molecule has 0 aliphatic carbocycles. The normalized spacial score (nSPS) is 18.0. The van der Waals surface area contributed by atoms with E-state index in [0.717, 1.165) is 50.0 Å². The lowest BCUT2D eigenvalue weighted by Crippen LogP contribution is -2.42. The van der Waals surface area contributed by atoms with Gasteiger partial charge in [-0.3, -0.25) is 4.79 Å². The maximum absolute atomic E-state index is 12.9. The van der Waals surface area contributed by atoms with E-state index in [1.54, 1.807) is 17.4 Å². The molecule has 1 saturated heterocycles. The molecule has 1 aromatic heterocycles. The Morgan fingerprint density at radius 1 is 1.28 bits per heavy atom. The summed E-state index contributed by atoms with van der Waals surface area (Å²) >= 11 is 1.60. The van der Waals surface area contributed by atoms with Crippen molar-refractivity contribution in [3.05, 3.63) is 57.8 Å². The average Bonchev–Trinajstić information content (AvgIpc) is 3.19. The second kappa shape index (κ2) is 9.76. The van der Waals surface area contributed by atoms with Crippen LogP contribution in [0.15, 0.2) is 41.8 Å². The van der Waals surface area contributed by atoms with Crippen molar-refractivity contribution in [3.8, 4) is 0 Å². The number of carbonyl (C=O) groups excluding carboxylic acids is 1. The number of halogens is 3. The number of hydrogen-bond donors (Lipinski definition) is 0. The maximum atomic E-state index is 12.9. The number of alkyl halides is 3. The molecule has 0 unspecified atom stereocenters. The fraction of sp³-hybridized carbons (Fsp3) is 0.500. The van der Waals surface area contributed by atoms with Crippen molar-refractivity contribution in [2.75, 3.05) is 33.2 Å². The summed E-state index contributed by atoms with van der Waals surface area (Å²) in [5.74, 6) is 0.538. The van der Waals surface area contributed by atoms with Crippen LogP contribution in [0.1, 0.15) is 28.8 Å². The van der Waals surface area contributed by atoms with Crippen LogP contribution < -0.4 is 0 Å². The number of piperidine rings is 1. The Labute approximate surface area is 174 Å². The standard InChI is InChI=1S/C22H27F3N2OS/c1-26(21(28)14-20-8-4-12-29-20)15-18-6-3-10-27(16-18)11-9-17-5-2-7-19(13-17)22(23,24)25/h2,4-5,7-8,12-13,18H,3,6,9-11,14-16H2,1H3/t18-/m0/s1. The van der Waals surface area contributed by atoms with Crippen LogP contribution in [0.2, 0.25) is 0 Å². The third-order valence-corrected chi connectivity index (χ3v) is 6.31. The smallest absolute Gasteiger partial charge is 0.345 e.